The lowest BCUT2D eigenvalue weighted by atomic mass is 10.1. The third-order valence-corrected chi connectivity index (χ3v) is 6.20. The highest BCUT2D eigenvalue weighted by Crippen LogP contribution is 2.30. The van der Waals surface area contributed by atoms with Crippen molar-refractivity contribution < 1.29 is 0 Å². The fourth-order valence-corrected chi connectivity index (χ4v) is 4.28. The van der Waals surface area contributed by atoms with Crippen molar-refractivity contribution in [2.24, 2.45) is 4.99 Å². The largest absolute Gasteiger partial charge is 0.354 e. The monoisotopic (exact) mass is 437 g/mol. The normalized spacial score (nSPS) is 15.2. The van der Waals surface area contributed by atoms with E-state index in [2.05, 4.69) is 73.4 Å². The van der Waals surface area contributed by atoms with Crippen molar-refractivity contribution in [1.82, 2.24) is 24.3 Å². The molecular formula is C26H27N7. The van der Waals surface area contributed by atoms with Crippen molar-refractivity contribution in [2.45, 2.75) is 6.92 Å². The van der Waals surface area contributed by atoms with Crippen molar-refractivity contribution in [3.8, 4) is 11.1 Å². The number of imidazole rings is 1. The molecule has 1 aliphatic rings. The Morgan fingerprint density at radius 2 is 1.85 bits per heavy atom. The van der Waals surface area contributed by atoms with Gasteiger partial charge in [-0.1, -0.05) is 6.08 Å². The summed E-state index contributed by atoms with van der Waals surface area (Å²) in [6.45, 7) is 9.85. The van der Waals surface area contributed by atoms with Crippen LogP contribution in [0.1, 0.15) is 18.3 Å². The summed E-state index contributed by atoms with van der Waals surface area (Å²) in [6.07, 6.45) is 9.69. The van der Waals surface area contributed by atoms with Crippen molar-refractivity contribution in [3.05, 3.63) is 78.6 Å². The van der Waals surface area contributed by atoms with E-state index < -0.39 is 0 Å². The number of aromatic nitrogens is 4. The van der Waals surface area contributed by atoms with Gasteiger partial charge in [-0.2, -0.15) is 0 Å². The van der Waals surface area contributed by atoms with Crippen molar-refractivity contribution >= 4 is 29.4 Å². The van der Waals surface area contributed by atoms with Crippen LogP contribution in [0, 0.1) is 0 Å². The average molecular weight is 438 g/mol. The Labute approximate surface area is 193 Å². The van der Waals surface area contributed by atoms with Crippen molar-refractivity contribution in [1.29, 1.82) is 0 Å². The van der Waals surface area contributed by atoms with Gasteiger partial charge in [0.15, 0.2) is 0 Å². The number of aliphatic imine (C=N–C) groups is 1. The van der Waals surface area contributed by atoms with E-state index in [9.17, 15) is 0 Å². The number of hydrogen-bond donors (Lipinski definition) is 0. The number of fused-ring (bicyclic) bond motifs is 1. The lowest BCUT2D eigenvalue weighted by molar-refractivity contribution is 0.312. The first-order valence-electron chi connectivity index (χ1n) is 11.1. The Kier molecular flexibility index (Phi) is 5.71. The fourth-order valence-electron chi connectivity index (χ4n) is 4.28. The molecule has 5 heterocycles. The Hall–Kier alpha value is -3.84. The van der Waals surface area contributed by atoms with Crippen LogP contribution < -0.4 is 4.90 Å². The van der Waals surface area contributed by atoms with E-state index in [1.54, 1.807) is 6.20 Å². The van der Waals surface area contributed by atoms with Crippen LogP contribution in [0.2, 0.25) is 0 Å². The van der Waals surface area contributed by atoms with Crippen molar-refractivity contribution in [2.75, 3.05) is 38.1 Å². The molecule has 0 N–H and O–H groups in total. The summed E-state index contributed by atoms with van der Waals surface area (Å²) in [6, 6.07) is 12.2. The second-order valence-corrected chi connectivity index (χ2v) is 8.21. The van der Waals surface area contributed by atoms with E-state index in [4.69, 9.17) is 4.98 Å². The van der Waals surface area contributed by atoms with E-state index in [-0.39, 0.29) is 0 Å². The number of piperazine rings is 1. The van der Waals surface area contributed by atoms with Crippen LogP contribution in [0.4, 0.5) is 11.5 Å². The third kappa shape index (κ3) is 4.03. The minimum absolute atomic E-state index is 0.753. The van der Waals surface area contributed by atoms with E-state index >= 15 is 0 Å². The number of likely N-dealkylation sites (N-methyl/N-ethyl adjacent to an activating group) is 1. The predicted octanol–water partition coefficient (Wildman–Crippen LogP) is 4.33. The Morgan fingerprint density at radius 1 is 1.00 bits per heavy atom. The van der Waals surface area contributed by atoms with Gasteiger partial charge in [0.2, 0.25) is 0 Å². The van der Waals surface area contributed by atoms with Gasteiger partial charge in [-0.05, 0) is 62.7 Å². The molecule has 0 amide bonds. The molecule has 1 saturated heterocycles. The minimum Gasteiger partial charge on any atom is -0.354 e. The number of pyridine rings is 3. The quantitative estimate of drug-likeness (QED) is 0.435. The van der Waals surface area contributed by atoms with Gasteiger partial charge in [-0.15, -0.1) is 0 Å². The zero-order valence-corrected chi connectivity index (χ0v) is 19.0. The van der Waals surface area contributed by atoms with Gasteiger partial charge in [0.05, 0.1) is 23.3 Å². The fraction of sp³-hybridized carbons (Fsp3) is 0.231. The van der Waals surface area contributed by atoms with Crippen LogP contribution in [0.15, 0.2) is 72.3 Å². The first-order valence-corrected chi connectivity index (χ1v) is 11.1. The van der Waals surface area contributed by atoms with Crippen LogP contribution in [0.25, 0.3) is 22.3 Å². The molecule has 0 bridgehead atoms. The maximum Gasteiger partial charge on any atom is 0.137 e. The molecule has 0 saturated carbocycles. The summed E-state index contributed by atoms with van der Waals surface area (Å²) >= 11 is 0. The summed E-state index contributed by atoms with van der Waals surface area (Å²) in [5.41, 5.74) is 6.52. The molecule has 0 aromatic carbocycles. The van der Waals surface area contributed by atoms with Gasteiger partial charge in [0.25, 0.3) is 0 Å². The third-order valence-electron chi connectivity index (χ3n) is 6.20. The Morgan fingerprint density at radius 3 is 2.58 bits per heavy atom. The second-order valence-electron chi connectivity index (χ2n) is 8.21. The summed E-state index contributed by atoms with van der Waals surface area (Å²) in [5.74, 6) is 1.04. The highest BCUT2D eigenvalue weighted by Gasteiger charge is 2.17. The molecule has 0 spiro atoms. The number of anilines is 1. The lowest BCUT2D eigenvalue weighted by Gasteiger charge is -2.33. The molecule has 7 nitrogen and oxygen atoms in total. The average Bonchev–Trinajstić information content (AvgIpc) is 3.28. The minimum atomic E-state index is 0.753. The highest BCUT2D eigenvalue weighted by molar-refractivity contribution is 5.83. The maximum absolute atomic E-state index is 4.74. The zero-order chi connectivity index (χ0) is 22.8. The Bertz CT molecular complexity index is 1310. The van der Waals surface area contributed by atoms with Crippen LogP contribution >= 0.6 is 0 Å². The molecule has 1 fully saturated rings. The molecular weight excluding hydrogens is 410 g/mol. The molecule has 0 atom stereocenters. The predicted molar refractivity (Wildman–Crippen MR) is 134 cm³/mol. The number of rotatable bonds is 5. The van der Waals surface area contributed by atoms with Gasteiger partial charge < -0.3 is 9.80 Å². The molecule has 1 aliphatic heterocycles. The number of hydrogen-bond acceptors (Lipinski definition) is 6. The summed E-state index contributed by atoms with van der Waals surface area (Å²) in [5, 5.41) is 0. The molecule has 4 aromatic heterocycles. The first kappa shape index (κ1) is 21.0. The molecule has 0 radical (unpaired) electrons. The van der Waals surface area contributed by atoms with Gasteiger partial charge in [0, 0.05) is 55.9 Å². The molecule has 0 unspecified atom stereocenters. The summed E-state index contributed by atoms with van der Waals surface area (Å²) < 4.78 is 2.08. The van der Waals surface area contributed by atoms with Crippen LogP contribution in [0.5, 0.6) is 0 Å². The van der Waals surface area contributed by atoms with Crippen LogP contribution in [0.3, 0.4) is 0 Å². The van der Waals surface area contributed by atoms with Crippen molar-refractivity contribution in [3.63, 3.8) is 0 Å². The van der Waals surface area contributed by atoms with Gasteiger partial charge in [0.1, 0.15) is 11.5 Å². The van der Waals surface area contributed by atoms with Crippen LogP contribution in [-0.2, 0) is 0 Å². The lowest BCUT2D eigenvalue weighted by Crippen LogP contribution is -2.44. The maximum atomic E-state index is 4.74. The van der Waals surface area contributed by atoms with E-state index in [1.165, 1.54) is 0 Å². The van der Waals surface area contributed by atoms with Gasteiger partial charge >= 0.3 is 0 Å². The second kappa shape index (κ2) is 8.96. The summed E-state index contributed by atoms with van der Waals surface area (Å²) in [7, 11) is 2.16. The molecule has 7 heteroatoms. The number of allylic oxidation sites excluding steroid dienone is 1. The molecule has 166 valence electrons. The smallest absolute Gasteiger partial charge is 0.137 e. The SMILES string of the molecule is C=Nc1cccnc1/C(=C\C)c1cnc2cc(-c3ccc(N4CCN(C)CC4)nc3)ccn12. The summed E-state index contributed by atoms with van der Waals surface area (Å²) in [4.78, 5) is 22.8. The zero-order valence-electron chi connectivity index (χ0n) is 19.0. The standard InChI is InChI=1S/C26H27N7/c1-4-21(26-22(27-2)6-5-10-28-26)23-18-30-25-16-19(9-11-33(23)25)20-7-8-24(29-17-20)32-14-12-31(3)13-15-32/h4-11,16-18H,2,12-15H2,1,3H3/b21-4-. The van der Waals surface area contributed by atoms with E-state index in [0.29, 0.717) is 0 Å². The van der Waals surface area contributed by atoms with E-state index in [0.717, 1.165) is 71.4 Å². The molecule has 33 heavy (non-hydrogen) atoms. The van der Waals surface area contributed by atoms with Crippen LogP contribution in [-0.4, -0.2) is 64.2 Å². The number of nitrogens with zero attached hydrogens (tertiary/aromatic N) is 7. The van der Waals surface area contributed by atoms with Gasteiger partial charge in [-0.25, -0.2) is 9.97 Å². The first-order chi connectivity index (χ1) is 16.2. The Balaban J connectivity index is 1.44. The van der Waals surface area contributed by atoms with E-state index in [1.807, 2.05) is 37.5 Å². The molecule has 5 rings (SSSR count). The highest BCUT2D eigenvalue weighted by atomic mass is 15.3. The van der Waals surface area contributed by atoms with Gasteiger partial charge in [-0.3, -0.25) is 14.4 Å². The molecule has 4 aromatic rings. The topological polar surface area (TPSA) is 61.9 Å². The molecule has 0 aliphatic carbocycles.